The number of pyridine rings is 1. The molecule has 1 nitrogen and oxygen atoms in total. The van der Waals surface area contributed by atoms with Crippen molar-refractivity contribution in [2.45, 2.75) is 69.7 Å². The fourth-order valence-electron chi connectivity index (χ4n) is 1.29. The summed E-state index contributed by atoms with van der Waals surface area (Å²) in [6.45, 7) is 6.50. The van der Waals surface area contributed by atoms with E-state index in [4.69, 9.17) is 0 Å². The Morgan fingerprint density at radius 3 is 1.37 bits per heavy atom. The van der Waals surface area contributed by atoms with E-state index >= 15 is 0 Å². The van der Waals surface area contributed by atoms with Crippen LogP contribution in [0.5, 0.6) is 0 Å². The van der Waals surface area contributed by atoms with Crippen LogP contribution in [0.1, 0.15) is 67.4 Å². The van der Waals surface area contributed by atoms with E-state index in [1.807, 2.05) is 0 Å². The van der Waals surface area contributed by atoms with Crippen LogP contribution in [-0.4, -0.2) is 4.98 Å². The molecule has 0 spiro atoms. The average molecular weight is 608 g/mol. The number of nitrogens with zero attached hydrogens (tertiary/aromatic N) is 1. The van der Waals surface area contributed by atoms with Crippen LogP contribution < -0.4 is 13.3 Å². The second kappa shape index (κ2) is 21.6. The summed E-state index contributed by atoms with van der Waals surface area (Å²) in [6.07, 6.45) is 3.20. The van der Waals surface area contributed by atoms with Gasteiger partial charge in [-0.1, -0.05) is 50.5 Å². The molecule has 0 atom stereocenters. The van der Waals surface area contributed by atoms with E-state index in [-0.39, 0.29) is 29.7 Å². The Morgan fingerprint density at radius 1 is 0.842 bits per heavy atom. The Labute approximate surface area is 152 Å². The molecule has 1 rings (SSSR count). The van der Waals surface area contributed by atoms with Crippen LogP contribution in [0.2, 0.25) is 0 Å². The van der Waals surface area contributed by atoms with Crippen molar-refractivity contribution in [3.05, 3.63) is 29.1 Å². The Bertz CT molecular complexity index is 223. The summed E-state index contributed by atoms with van der Waals surface area (Å²) < 4.78 is 0. The van der Waals surface area contributed by atoms with Gasteiger partial charge in [-0.05, 0) is 37.0 Å². The first-order valence-electron chi connectivity index (χ1n) is 5.07. The first-order chi connectivity index (χ1) is 7.21. The zero-order valence-electron chi connectivity index (χ0n) is 9.36. The molecule has 120 valence electrons. The first-order valence-corrected chi connectivity index (χ1v) is 17.6. The van der Waals surface area contributed by atoms with Crippen molar-refractivity contribution in [2.24, 2.45) is 0 Å². The van der Waals surface area contributed by atoms with E-state index in [1.165, 1.54) is 17.0 Å². The van der Waals surface area contributed by atoms with Gasteiger partial charge in [-0.25, -0.2) is 0 Å². The summed E-state index contributed by atoms with van der Waals surface area (Å²) in [5.74, 6) is 0. The van der Waals surface area contributed by atoms with Crippen LogP contribution in [0, 0.1) is 0 Å². The van der Waals surface area contributed by atoms with Crippen molar-refractivity contribution in [3.63, 3.8) is 0 Å². The third kappa shape index (κ3) is 15.5. The summed E-state index contributed by atoms with van der Waals surface area (Å²) in [6, 6.07) is 4.42. The van der Waals surface area contributed by atoms with Gasteiger partial charge in [-0.15, -0.1) is 0 Å². The van der Waals surface area contributed by atoms with Crippen molar-refractivity contribution >= 4 is 37.2 Å². The third-order valence-electron chi connectivity index (χ3n) is 2.12. The molecule has 1 aromatic heterocycles. The van der Waals surface area contributed by atoms with Gasteiger partial charge in [0.05, 0.1) is 0 Å². The predicted octanol–water partition coefficient (Wildman–Crippen LogP) is 4.09. The molecule has 0 aliphatic carbocycles. The molecule has 0 saturated heterocycles. The van der Waals surface area contributed by atoms with Gasteiger partial charge in [0.25, 0.3) is 0 Å². The van der Waals surface area contributed by atoms with E-state index in [1.54, 1.807) is 0 Å². The molecule has 4 heteroatoms. The van der Waals surface area contributed by atoms with Gasteiger partial charge in [0.1, 0.15) is 0 Å². The van der Waals surface area contributed by atoms with Crippen molar-refractivity contribution < 1.29 is 13.3 Å². The van der Waals surface area contributed by atoms with Gasteiger partial charge in [-0.2, -0.15) is 0 Å². The second-order valence-electron chi connectivity index (χ2n) is 3.07. The normalized spacial score (nSPS) is 7.63. The number of hydrogen-bond acceptors (Lipinski definition) is 1. The van der Waals surface area contributed by atoms with E-state index in [0.717, 1.165) is 19.3 Å². The number of aryl methyl sites for hydroxylation is 3. The number of halogens is 3. The first kappa shape index (κ1) is 32.3. The van der Waals surface area contributed by atoms with Gasteiger partial charge in [0.2, 0.25) is 0 Å². The summed E-state index contributed by atoms with van der Waals surface area (Å²) in [5.41, 5.74) is 3.87. The molecule has 0 unspecified atom stereocenters. The Morgan fingerprint density at radius 2 is 1.16 bits per heavy atom. The molecule has 0 bridgehead atoms. The van der Waals surface area contributed by atoms with E-state index < -0.39 is 0 Å². The van der Waals surface area contributed by atoms with Crippen LogP contribution in [0.4, 0.5) is 0 Å². The fraction of sp³-hybridized carbons (Fsp3) is 0.667. The molecule has 0 aromatic carbocycles. The zero-order valence-corrected chi connectivity index (χ0v) is 15.8. The number of hydrogen-bond donors (Lipinski definition) is 0. The SMILES string of the molecule is C.C.C.C.CCc1cc(CC)nc(CC)c1.I[I-]I. The van der Waals surface area contributed by atoms with Crippen LogP contribution in [0.3, 0.4) is 0 Å². The Hall–Kier alpha value is 1.34. The van der Waals surface area contributed by atoms with Gasteiger partial charge < -0.3 is 0 Å². The van der Waals surface area contributed by atoms with Crippen LogP contribution in [-0.2, 0) is 19.3 Å². The predicted molar refractivity (Wildman–Crippen MR) is 107 cm³/mol. The topological polar surface area (TPSA) is 12.9 Å². The molecule has 0 radical (unpaired) electrons. The van der Waals surface area contributed by atoms with E-state index in [9.17, 15) is 0 Å². The van der Waals surface area contributed by atoms with Crippen molar-refractivity contribution in [1.29, 1.82) is 0 Å². The van der Waals surface area contributed by atoms with E-state index in [0.29, 0.717) is 13.3 Å². The minimum absolute atomic E-state index is 0. The van der Waals surface area contributed by atoms with Crippen molar-refractivity contribution in [3.8, 4) is 0 Å². The summed E-state index contributed by atoms with van der Waals surface area (Å²) in [5, 5.41) is 0. The van der Waals surface area contributed by atoms with Gasteiger partial charge >= 0.3 is 50.5 Å². The zero-order chi connectivity index (χ0) is 11.7. The molecule has 1 aromatic rings. The molecule has 0 N–H and O–H groups in total. The third-order valence-corrected chi connectivity index (χ3v) is 2.12. The van der Waals surface area contributed by atoms with Crippen molar-refractivity contribution in [1.82, 2.24) is 4.98 Å². The average Bonchev–Trinajstić information content (AvgIpc) is 2.29. The molecule has 0 saturated carbocycles. The molecule has 0 aliphatic rings. The molecular formula is C15H33I3N-. The van der Waals surface area contributed by atoms with Gasteiger partial charge in [0, 0.05) is 11.4 Å². The second-order valence-corrected chi connectivity index (χ2v) is 19.3. The minimum atomic E-state index is 0. The number of aromatic nitrogens is 1. The molecule has 19 heavy (non-hydrogen) atoms. The molecular weight excluding hydrogens is 575 g/mol. The van der Waals surface area contributed by atoms with Gasteiger partial charge in [-0.3, -0.25) is 4.98 Å². The van der Waals surface area contributed by atoms with Gasteiger partial charge in [0.15, 0.2) is 0 Å². The Kier molecular flexibility index (Phi) is 36.8. The van der Waals surface area contributed by atoms with Crippen LogP contribution >= 0.6 is 37.2 Å². The molecule has 1 heterocycles. The summed E-state index contributed by atoms with van der Waals surface area (Å²) in [7, 11) is 0. The molecule has 0 fully saturated rings. The quantitative estimate of drug-likeness (QED) is 0.472. The maximum atomic E-state index is 4.52. The van der Waals surface area contributed by atoms with E-state index in [2.05, 4.69) is 75.1 Å². The fourth-order valence-corrected chi connectivity index (χ4v) is 1.29. The standard InChI is InChI=1S/C11H17N.4CH4.I3/c1-4-9-7-10(5-2)12-11(6-3)8-9;;;;;1-3-2/h7-8H,4-6H2,1-3H3;4*1H4;/q;;;;;-1. The van der Waals surface area contributed by atoms with Crippen LogP contribution in [0.25, 0.3) is 0 Å². The molecule has 0 amide bonds. The van der Waals surface area contributed by atoms with Crippen LogP contribution in [0.15, 0.2) is 12.1 Å². The van der Waals surface area contributed by atoms with Crippen molar-refractivity contribution in [2.75, 3.05) is 0 Å². The molecule has 0 aliphatic heterocycles. The summed E-state index contributed by atoms with van der Waals surface area (Å²) >= 11 is 5.30. The summed E-state index contributed by atoms with van der Waals surface area (Å²) in [4.78, 5) is 4.52. The number of rotatable bonds is 3. The monoisotopic (exact) mass is 608 g/mol. The Balaban J connectivity index is -0.0000000858. The maximum absolute atomic E-state index is 4.52.